The van der Waals surface area contributed by atoms with Crippen LogP contribution in [0.3, 0.4) is 0 Å². The fraction of sp³-hybridized carbons (Fsp3) is 1.00. The predicted octanol–water partition coefficient (Wildman–Crippen LogP) is 1.89. The molecule has 0 rings (SSSR count). The van der Waals surface area contributed by atoms with Gasteiger partial charge in [-0.05, 0) is 19.8 Å². The molecule has 0 saturated carbocycles. The minimum atomic E-state index is 0.684. The molecule has 6 heavy (non-hydrogen) atoms. The van der Waals surface area contributed by atoms with Gasteiger partial charge in [-0.3, -0.25) is 0 Å². The Morgan fingerprint density at radius 1 is 1.50 bits per heavy atom. The molecule has 2 heteroatoms. The summed E-state index contributed by atoms with van der Waals surface area (Å²) >= 11 is 3.42. The number of rotatable bonds is 1. The smallest absolute Gasteiger partial charge is 0.0582 e. The highest BCUT2D eigenvalue weighted by Crippen LogP contribution is 1.69. The van der Waals surface area contributed by atoms with Gasteiger partial charge in [0, 0.05) is 0 Å². The molecule has 0 aromatic carbocycles. The van der Waals surface area contributed by atoms with Crippen molar-refractivity contribution < 1.29 is 4.18 Å². The predicted molar refractivity (Wildman–Crippen MR) is 32.0 cm³/mol. The van der Waals surface area contributed by atoms with Crippen LogP contribution in [0.4, 0.5) is 0 Å². The molecule has 0 aromatic rings. The Kier molecular flexibility index (Phi) is 29.5. The monoisotopic (exact) mass is 108 g/mol. The first-order valence-electron chi connectivity index (χ1n) is 2.18. The van der Waals surface area contributed by atoms with E-state index in [-0.39, 0.29) is 0 Å². The van der Waals surface area contributed by atoms with Crippen LogP contribution in [0.5, 0.6) is 0 Å². The maximum absolute atomic E-state index is 4.24. The van der Waals surface area contributed by atoms with Gasteiger partial charge in [-0.25, -0.2) is 0 Å². The average Bonchev–Trinajstić information content (AvgIpc) is 1.72. The van der Waals surface area contributed by atoms with Crippen LogP contribution in [0.1, 0.15) is 20.8 Å². The number of thiol groups is 1. The summed E-state index contributed by atoms with van der Waals surface area (Å²) in [5.41, 5.74) is 0. The lowest BCUT2D eigenvalue weighted by atomic mass is 10.9. The highest BCUT2D eigenvalue weighted by Gasteiger charge is 1.53. The van der Waals surface area contributed by atoms with E-state index in [1.807, 2.05) is 20.8 Å². The maximum Gasteiger partial charge on any atom is 0.0582 e. The third kappa shape index (κ3) is 27.5. The van der Waals surface area contributed by atoms with Crippen molar-refractivity contribution in [1.29, 1.82) is 0 Å². The number of hydrogen-bond acceptors (Lipinski definition) is 2. The summed E-state index contributed by atoms with van der Waals surface area (Å²) in [5.74, 6) is 0. The fourth-order valence-corrected chi connectivity index (χ4v) is 0. The molecule has 0 aromatic heterocycles. The minimum Gasteiger partial charge on any atom is -0.319 e. The molecule has 0 spiro atoms. The van der Waals surface area contributed by atoms with E-state index in [1.54, 1.807) is 0 Å². The normalized spacial score (nSPS) is 6.00. The summed E-state index contributed by atoms with van der Waals surface area (Å²) < 4.78 is 4.24. The SMILES string of the molecule is CC.CCOS. The first kappa shape index (κ1) is 9.58. The second-order valence-electron chi connectivity index (χ2n) is 0.418. The highest BCUT2D eigenvalue weighted by molar-refractivity contribution is 7.75. The Bertz CT molecular complexity index is 9.51. The lowest BCUT2D eigenvalue weighted by Gasteiger charge is -1.73. The molecule has 1 nitrogen and oxygen atoms in total. The van der Waals surface area contributed by atoms with Gasteiger partial charge in [0.15, 0.2) is 0 Å². The van der Waals surface area contributed by atoms with Crippen LogP contribution < -0.4 is 0 Å². The van der Waals surface area contributed by atoms with Gasteiger partial charge < -0.3 is 4.18 Å². The molecule has 0 bridgehead atoms. The van der Waals surface area contributed by atoms with E-state index in [0.717, 1.165) is 0 Å². The molecule has 0 radical (unpaired) electrons. The lowest BCUT2D eigenvalue weighted by Crippen LogP contribution is -1.64. The topological polar surface area (TPSA) is 9.23 Å². The van der Waals surface area contributed by atoms with E-state index in [4.69, 9.17) is 0 Å². The van der Waals surface area contributed by atoms with Gasteiger partial charge in [-0.1, -0.05) is 13.8 Å². The Morgan fingerprint density at radius 2 is 1.67 bits per heavy atom. The van der Waals surface area contributed by atoms with Crippen molar-refractivity contribution in [3.05, 3.63) is 0 Å². The van der Waals surface area contributed by atoms with E-state index in [0.29, 0.717) is 6.61 Å². The molecule has 0 heterocycles. The summed E-state index contributed by atoms with van der Waals surface area (Å²) in [5, 5.41) is 0. The molecule has 0 aliphatic rings. The van der Waals surface area contributed by atoms with E-state index in [1.165, 1.54) is 0 Å². The first-order valence-corrected chi connectivity index (χ1v) is 2.54. The zero-order chi connectivity index (χ0) is 5.41. The van der Waals surface area contributed by atoms with Gasteiger partial charge in [-0.2, -0.15) is 0 Å². The van der Waals surface area contributed by atoms with E-state index in [2.05, 4.69) is 17.1 Å². The highest BCUT2D eigenvalue weighted by atomic mass is 32.1. The third-order valence-corrected chi connectivity index (χ3v) is 0.387. The zero-order valence-electron chi connectivity index (χ0n) is 4.56. The van der Waals surface area contributed by atoms with Crippen LogP contribution in [0.25, 0.3) is 0 Å². The summed E-state index contributed by atoms with van der Waals surface area (Å²) in [7, 11) is 0. The van der Waals surface area contributed by atoms with Crippen LogP contribution in [0.2, 0.25) is 0 Å². The van der Waals surface area contributed by atoms with Crippen molar-refractivity contribution in [3.8, 4) is 0 Å². The molecule has 0 fully saturated rings. The standard InChI is InChI=1S/C2H6OS.C2H6/c1-2-3-4;1-2/h4H,2H2,1H3;1-2H3. The molecule has 0 atom stereocenters. The second-order valence-corrected chi connectivity index (χ2v) is 0.676. The van der Waals surface area contributed by atoms with Gasteiger partial charge in [0.2, 0.25) is 0 Å². The summed E-state index contributed by atoms with van der Waals surface area (Å²) in [4.78, 5) is 0. The molecule has 40 valence electrons. The van der Waals surface area contributed by atoms with Crippen LogP contribution in [-0.4, -0.2) is 6.61 Å². The largest absolute Gasteiger partial charge is 0.319 e. The van der Waals surface area contributed by atoms with Crippen molar-refractivity contribution in [3.63, 3.8) is 0 Å². The van der Waals surface area contributed by atoms with Crippen molar-refractivity contribution in [2.45, 2.75) is 20.8 Å². The molecule has 0 N–H and O–H groups in total. The second kappa shape index (κ2) is 18.5. The van der Waals surface area contributed by atoms with Crippen molar-refractivity contribution >= 4 is 12.9 Å². The van der Waals surface area contributed by atoms with E-state index < -0.39 is 0 Å². The van der Waals surface area contributed by atoms with Crippen LogP contribution in [-0.2, 0) is 4.18 Å². The van der Waals surface area contributed by atoms with Crippen molar-refractivity contribution in [2.24, 2.45) is 0 Å². The number of hydrogen-bond donors (Lipinski definition) is 1. The van der Waals surface area contributed by atoms with E-state index >= 15 is 0 Å². The fourth-order valence-electron chi connectivity index (χ4n) is 0. The summed E-state index contributed by atoms with van der Waals surface area (Å²) in [6.45, 7) is 6.57. The first-order chi connectivity index (χ1) is 2.91. The van der Waals surface area contributed by atoms with Crippen LogP contribution >= 0.6 is 12.9 Å². The van der Waals surface area contributed by atoms with Crippen LogP contribution in [0, 0.1) is 0 Å². The summed E-state index contributed by atoms with van der Waals surface area (Å²) in [6.07, 6.45) is 0. The maximum atomic E-state index is 4.24. The molecule has 0 aliphatic heterocycles. The molecule has 0 saturated heterocycles. The molecule has 0 aliphatic carbocycles. The Hall–Kier alpha value is 0.310. The average molecular weight is 108 g/mol. The summed E-state index contributed by atoms with van der Waals surface area (Å²) in [6, 6.07) is 0. The lowest BCUT2D eigenvalue weighted by molar-refractivity contribution is 0.410. The van der Waals surface area contributed by atoms with Crippen molar-refractivity contribution in [2.75, 3.05) is 6.61 Å². The quantitative estimate of drug-likeness (QED) is 0.398. The Morgan fingerprint density at radius 3 is 1.67 bits per heavy atom. The molecular weight excluding hydrogens is 96.1 g/mol. The third-order valence-electron chi connectivity index (χ3n) is 0.129. The Balaban J connectivity index is 0. The molecule has 0 unspecified atom stereocenters. The van der Waals surface area contributed by atoms with Crippen molar-refractivity contribution in [1.82, 2.24) is 0 Å². The minimum absolute atomic E-state index is 0.684. The van der Waals surface area contributed by atoms with Gasteiger partial charge in [0.25, 0.3) is 0 Å². The molecule has 0 amide bonds. The van der Waals surface area contributed by atoms with Gasteiger partial charge in [0.05, 0.1) is 6.61 Å². The molecular formula is C4H12OS. The van der Waals surface area contributed by atoms with Gasteiger partial charge in [0.1, 0.15) is 0 Å². The van der Waals surface area contributed by atoms with Gasteiger partial charge in [-0.15, -0.1) is 0 Å². The van der Waals surface area contributed by atoms with Gasteiger partial charge >= 0.3 is 0 Å². The van der Waals surface area contributed by atoms with E-state index in [9.17, 15) is 0 Å². The Labute approximate surface area is 45.3 Å². The van der Waals surface area contributed by atoms with Crippen LogP contribution in [0.15, 0.2) is 0 Å². The zero-order valence-corrected chi connectivity index (χ0v) is 5.46.